The summed E-state index contributed by atoms with van der Waals surface area (Å²) < 4.78 is 8.57. The summed E-state index contributed by atoms with van der Waals surface area (Å²) in [6.07, 6.45) is 0. The first kappa shape index (κ1) is 17.3. The highest BCUT2D eigenvalue weighted by Gasteiger charge is 2.23. The summed E-state index contributed by atoms with van der Waals surface area (Å²) in [5.74, 6) is 2.73. The van der Waals surface area contributed by atoms with Crippen LogP contribution in [-0.2, 0) is 0 Å². The highest BCUT2D eigenvalue weighted by Crippen LogP contribution is 2.48. The van der Waals surface area contributed by atoms with E-state index in [2.05, 4.69) is 89.5 Å². The average molecular weight is 410 g/mol. The summed E-state index contributed by atoms with van der Waals surface area (Å²) in [5, 5.41) is 2.29. The van der Waals surface area contributed by atoms with Gasteiger partial charge in [-0.3, -0.25) is 4.57 Å². The van der Waals surface area contributed by atoms with E-state index in [1.54, 1.807) is 0 Å². The van der Waals surface area contributed by atoms with Gasteiger partial charge in [0.25, 0.3) is 0 Å². The number of para-hydroxylation sites is 3. The van der Waals surface area contributed by atoms with Crippen molar-refractivity contribution in [3.8, 4) is 39.7 Å². The molecule has 0 aliphatic carbocycles. The van der Waals surface area contributed by atoms with E-state index < -0.39 is 0 Å². The molecule has 3 heteroatoms. The van der Waals surface area contributed by atoms with Gasteiger partial charge in [-0.15, -0.1) is 0 Å². The van der Waals surface area contributed by atoms with Crippen molar-refractivity contribution in [1.29, 1.82) is 0 Å². The standard InChI is InChI=1S/C29H18N2O/c1-2-9-19(10-3-1)29-30-23-14-5-6-15-25(23)31(29)24-17-18-27-28-21(12-8-13-22(24)28)20-11-4-7-16-26(20)32-27/h1-18H. The first-order chi connectivity index (χ1) is 15.9. The van der Waals surface area contributed by atoms with E-state index in [0.717, 1.165) is 55.9 Å². The largest absolute Gasteiger partial charge is 0.456 e. The van der Waals surface area contributed by atoms with Crippen LogP contribution in [0.5, 0.6) is 11.5 Å². The van der Waals surface area contributed by atoms with Gasteiger partial charge in [0.1, 0.15) is 17.3 Å². The van der Waals surface area contributed by atoms with Crippen LogP contribution in [0.25, 0.3) is 50.0 Å². The molecule has 0 saturated carbocycles. The lowest BCUT2D eigenvalue weighted by molar-refractivity contribution is 0.487. The molecular weight excluding hydrogens is 392 g/mol. The molecule has 1 aromatic heterocycles. The number of benzene rings is 5. The Labute approximate surface area is 185 Å². The molecule has 7 rings (SSSR count). The van der Waals surface area contributed by atoms with Gasteiger partial charge in [0.2, 0.25) is 0 Å². The minimum atomic E-state index is 0.892. The van der Waals surface area contributed by atoms with Crippen molar-refractivity contribution in [2.24, 2.45) is 0 Å². The number of imidazole rings is 1. The number of aromatic nitrogens is 2. The van der Waals surface area contributed by atoms with Crippen LogP contribution in [-0.4, -0.2) is 9.55 Å². The zero-order valence-corrected chi connectivity index (χ0v) is 17.2. The molecule has 150 valence electrons. The fraction of sp³-hybridized carbons (Fsp3) is 0. The molecule has 0 N–H and O–H groups in total. The van der Waals surface area contributed by atoms with Gasteiger partial charge in [-0.05, 0) is 35.9 Å². The Morgan fingerprint density at radius 3 is 2.31 bits per heavy atom. The Kier molecular flexibility index (Phi) is 3.55. The Bertz CT molecular complexity index is 1650. The quantitative estimate of drug-likeness (QED) is 0.293. The third-order valence-corrected chi connectivity index (χ3v) is 6.21. The molecule has 0 unspecified atom stereocenters. The maximum absolute atomic E-state index is 6.30. The number of rotatable bonds is 2. The lowest BCUT2D eigenvalue weighted by Gasteiger charge is -2.23. The lowest BCUT2D eigenvalue weighted by atomic mass is 9.94. The van der Waals surface area contributed by atoms with Crippen LogP contribution in [0.1, 0.15) is 0 Å². The third-order valence-electron chi connectivity index (χ3n) is 6.21. The normalized spacial score (nSPS) is 12.0. The molecule has 6 aromatic rings. The molecule has 0 atom stereocenters. The van der Waals surface area contributed by atoms with Crippen molar-refractivity contribution in [1.82, 2.24) is 9.55 Å². The van der Waals surface area contributed by atoms with E-state index in [0.29, 0.717) is 0 Å². The summed E-state index contributed by atoms with van der Waals surface area (Å²) in [4.78, 5) is 5.01. The molecule has 1 aliphatic heterocycles. The predicted molar refractivity (Wildman–Crippen MR) is 130 cm³/mol. The molecule has 1 aliphatic rings. The molecule has 0 bridgehead atoms. The predicted octanol–water partition coefficient (Wildman–Crippen LogP) is 7.62. The van der Waals surface area contributed by atoms with Crippen molar-refractivity contribution in [2.75, 3.05) is 0 Å². The van der Waals surface area contributed by atoms with E-state index in [1.807, 2.05) is 24.3 Å². The molecule has 0 amide bonds. The molecule has 2 heterocycles. The zero-order valence-electron chi connectivity index (χ0n) is 17.2. The molecule has 0 fully saturated rings. The number of nitrogens with zero attached hydrogens (tertiary/aromatic N) is 2. The summed E-state index contributed by atoms with van der Waals surface area (Å²) >= 11 is 0. The van der Waals surface area contributed by atoms with Crippen molar-refractivity contribution in [2.45, 2.75) is 0 Å². The maximum Gasteiger partial charge on any atom is 0.145 e. The topological polar surface area (TPSA) is 27.1 Å². The first-order valence-corrected chi connectivity index (χ1v) is 10.7. The van der Waals surface area contributed by atoms with Gasteiger partial charge in [0.05, 0.1) is 16.7 Å². The second-order valence-electron chi connectivity index (χ2n) is 8.03. The van der Waals surface area contributed by atoms with E-state index in [1.165, 1.54) is 5.56 Å². The molecule has 0 saturated heterocycles. The van der Waals surface area contributed by atoms with Gasteiger partial charge < -0.3 is 4.74 Å². The van der Waals surface area contributed by atoms with E-state index in [9.17, 15) is 0 Å². The third kappa shape index (κ3) is 2.39. The molecule has 32 heavy (non-hydrogen) atoms. The van der Waals surface area contributed by atoms with Gasteiger partial charge >= 0.3 is 0 Å². The summed E-state index contributed by atoms with van der Waals surface area (Å²) in [5.41, 5.74) is 6.58. The monoisotopic (exact) mass is 410 g/mol. The summed E-state index contributed by atoms with van der Waals surface area (Å²) in [7, 11) is 0. The zero-order chi connectivity index (χ0) is 21.1. The van der Waals surface area contributed by atoms with Crippen LogP contribution < -0.4 is 4.74 Å². The SMILES string of the molecule is c1ccc(-c2nc3ccccc3n2-c2ccc3c4c(cccc24)-c2ccccc2O3)cc1. The second-order valence-corrected chi connectivity index (χ2v) is 8.03. The van der Waals surface area contributed by atoms with Gasteiger partial charge in [0.15, 0.2) is 0 Å². The van der Waals surface area contributed by atoms with Crippen LogP contribution in [0.15, 0.2) is 109 Å². The van der Waals surface area contributed by atoms with E-state index >= 15 is 0 Å². The Hall–Kier alpha value is -4.37. The molecule has 0 radical (unpaired) electrons. The molecule has 3 nitrogen and oxygen atoms in total. The van der Waals surface area contributed by atoms with Crippen LogP contribution in [0.3, 0.4) is 0 Å². The summed E-state index contributed by atoms with van der Waals surface area (Å²) in [6, 6.07) is 37.7. The number of fused-ring (bicyclic) bond motifs is 3. The average Bonchev–Trinajstić information content (AvgIpc) is 3.24. The molecular formula is C29H18N2O. The fourth-order valence-electron chi connectivity index (χ4n) is 4.81. The van der Waals surface area contributed by atoms with Crippen molar-refractivity contribution in [3.05, 3.63) is 109 Å². The first-order valence-electron chi connectivity index (χ1n) is 10.7. The van der Waals surface area contributed by atoms with E-state index in [4.69, 9.17) is 9.72 Å². The second kappa shape index (κ2) is 6.56. The van der Waals surface area contributed by atoms with Crippen LogP contribution >= 0.6 is 0 Å². The fourth-order valence-corrected chi connectivity index (χ4v) is 4.81. The van der Waals surface area contributed by atoms with Crippen molar-refractivity contribution in [3.63, 3.8) is 0 Å². The van der Waals surface area contributed by atoms with Gasteiger partial charge in [-0.25, -0.2) is 4.98 Å². The maximum atomic E-state index is 6.30. The Morgan fingerprint density at radius 1 is 0.594 bits per heavy atom. The number of hydrogen-bond donors (Lipinski definition) is 0. The highest BCUT2D eigenvalue weighted by atomic mass is 16.5. The van der Waals surface area contributed by atoms with Gasteiger partial charge in [-0.2, -0.15) is 0 Å². The van der Waals surface area contributed by atoms with Crippen LogP contribution in [0.4, 0.5) is 0 Å². The smallest absolute Gasteiger partial charge is 0.145 e. The van der Waals surface area contributed by atoms with Crippen LogP contribution in [0, 0.1) is 0 Å². The number of hydrogen-bond acceptors (Lipinski definition) is 2. The molecule has 5 aromatic carbocycles. The Balaban J connectivity index is 1.59. The van der Waals surface area contributed by atoms with Crippen molar-refractivity contribution < 1.29 is 4.74 Å². The van der Waals surface area contributed by atoms with Crippen LogP contribution in [0.2, 0.25) is 0 Å². The number of ether oxygens (including phenoxy) is 1. The van der Waals surface area contributed by atoms with Gasteiger partial charge in [0, 0.05) is 21.9 Å². The minimum Gasteiger partial charge on any atom is -0.456 e. The Morgan fingerprint density at radius 2 is 1.38 bits per heavy atom. The highest BCUT2D eigenvalue weighted by molar-refractivity contribution is 6.08. The minimum absolute atomic E-state index is 0.892. The summed E-state index contributed by atoms with van der Waals surface area (Å²) in [6.45, 7) is 0. The van der Waals surface area contributed by atoms with E-state index in [-0.39, 0.29) is 0 Å². The van der Waals surface area contributed by atoms with Crippen molar-refractivity contribution >= 4 is 21.8 Å². The van der Waals surface area contributed by atoms with Gasteiger partial charge in [-0.1, -0.05) is 78.9 Å². The lowest BCUT2D eigenvalue weighted by Crippen LogP contribution is -2.02. The molecule has 0 spiro atoms.